The molecule has 1 aliphatic rings. The predicted molar refractivity (Wildman–Crippen MR) is 71.5 cm³/mol. The van der Waals surface area contributed by atoms with E-state index >= 15 is 0 Å². The van der Waals surface area contributed by atoms with Gasteiger partial charge in [-0.15, -0.1) is 0 Å². The van der Waals surface area contributed by atoms with Gasteiger partial charge in [-0.1, -0.05) is 13.8 Å². The number of aromatic nitrogens is 2. The van der Waals surface area contributed by atoms with Crippen LogP contribution in [0.4, 0.5) is 5.82 Å². The number of anilines is 1. The number of hydrogen-bond acceptors (Lipinski definition) is 5. The van der Waals surface area contributed by atoms with Crippen LogP contribution in [-0.4, -0.2) is 34.8 Å². The fourth-order valence-corrected chi connectivity index (χ4v) is 2.16. The van der Waals surface area contributed by atoms with E-state index in [1.54, 1.807) is 6.33 Å². The molecule has 18 heavy (non-hydrogen) atoms. The SMILES string of the molecule is CCOC1CC(N)C1Nc1cc(C(C)C)ncn1. The Labute approximate surface area is 108 Å². The fourth-order valence-electron chi connectivity index (χ4n) is 2.16. The molecule has 1 aromatic heterocycles. The highest BCUT2D eigenvalue weighted by atomic mass is 16.5. The summed E-state index contributed by atoms with van der Waals surface area (Å²) in [6, 6.07) is 2.28. The summed E-state index contributed by atoms with van der Waals surface area (Å²) in [6.07, 6.45) is 2.70. The number of rotatable bonds is 5. The Hall–Kier alpha value is -1.20. The molecule has 0 saturated heterocycles. The highest BCUT2D eigenvalue weighted by molar-refractivity contribution is 5.39. The largest absolute Gasteiger partial charge is 0.376 e. The van der Waals surface area contributed by atoms with Crippen LogP contribution >= 0.6 is 0 Å². The molecule has 0 aliphatic heterocycles. The van der Waals surface area contributed by atoms with Crippen LogP contribution in [0.25, 0.3) is 0 Å². The van der Waals surface area contributed by atoms with E-state index in [2.05, 4.69) is 29.1 Å². The van der Waals surface area contributed by atoms with Crippen LogP contribution in [0.2, 0.25) is 0 Å². The highest BCUT2D eigenvalue weighted by Gasteiger charge is 2.39. The predicted octanol–water partition coefficient (Wildman–Crippen LogP) is 1.52. The second-order valence-electron chi connectivity index (χ2n) is 5.05. The lowest BCUT2D eigenvalue weighted by atomic mass is 9.83. The Morgan fingerprint density at radius 2 is 2.28 bits per heavy atom. The number of nitrogens with two attached hydrogens (primary N) is 1. The third kappa shape index (κ3) is 2.79. The Morgan fingerprint density at radius 3 is 2.89 bits per heavy atom. The van der Waals surface area contributed by atoms with E-state index in [1.807, 2.05) is 13.0 Å². The van der Waals surface area contributed by atoms with Gasteiger partial charge in [0.25, 0.3) is 0 Å². The first kappa shape index (κ1) is 13.2. The average Bonchev–Trinajstić information content (AvgIpc) is 2.36. The Morgan fingerprint density at radius 1 is 1.50 bits per heavy atom. The molecule has 1 heterocycles. The van der Waals surface area contributed by atoms with Gasteiger partial charge in [0.2, 0.25) is 0 Å². The third-order valence-corrected chi connectivity index (χ3v) is 3.34. The molecule has 5 heteroatoms. The van der Waals surface area contributed by atoms with Gasteiger partial charge in [-0.05, 0) is 19.3 Å². The van der Waals surface area contributed by atoms with Gasteiger partial charge in [0.15, 0.2) is 0 Å². The summed E-state index contributed by atoms with van der Waals surface area (Å²) in [7, 11) is 0. The summed E-state index contributed by atoms with van der Waals surface area (Å²) < 4.78 is 5.62. The summed E-state index contributed by atoms with van der Waals surface area (Å²) in [6.45, 7) is 6.95. The van der Waals surface area contributed by atoms with E-state index in [9.17, 15) is 0 Å². The molecule has 1 saturated carbocycles. The molecule has 0 radical (unpaired) electrons. The van der Waals surface area contributed by atoms with E-state index in [4.69, 9.17) is 10.5 Å². The second kappa shape index (κ2) is 5.63. The minimum absolute atomic E-state index is 0.138. The lowest BCUT2D eigenvalue weighted by Gasteiger charge is -2.42. The molecule has 1 fully saturated rings. The van der Waals surface area contributed by atoms with Crippen LogP contribution < -0.4 is 11.1 Å². The van der Waals surface area contributed by atoms with Gasteiger partial charge >= 0.3 is 0 Å². The molecule has 100 valence electrons. The number of nitrogens with zero attached hydrogens (tertiary/aromatic N) is 2. The van der Waals surface area contributed by atoms with Crippen LogP contribution in [0.1, 0.15) is 38.8 Å². The third-order valence-electron chi connectivity index (χ3n) is 3.34. The van der Waals surface area contributed by atoms with E-state index in [0.29, 0.717) is 5.92 Å². The van der Waals surface area contributed by atoms with Crippen molar-refractivity contribution in [2.24, 2.45) is 5.73 Å². The first-order valence-corrected chi connectivity index (χ1v) is 6.57. The summed E-state index contributed by atoms with van der Waals surface area (Å²) in [5.74, 6) is 1.23. The summed E-state index contributed by atoms with van der Waals surface area (Å²) in [5, 5.41) is 3.36. The van der Waals surface area contributed by atoms with Crippen molar-refractivity contribution in [2.75, 3.05) is 11.9 Å². The van der Waals surface area contributed by atoms with E-state index in [-0.39, 0.29) is 18.2 Å². The number of nitrogens with one attached hydrogen (secondary N) is 1. The van der Waals surface area contributed by atoms with Crippen molar-refractivity contribution >= 4 is 5.82 Å². The molecular weight excluding hydrogens is 228 g/mol. The molecule has 0 amide bonds. The lowest BCUT2D eigenvalue weighted by Crippen LogP contribution is -2.60. The number of ether oxygens (including phenoxy) is 1. The van der Waals surface area contributed by atoms with E-state index in [0.717, 1.165) is 24.5 Å². The van der Waals surface area contributed by atoms with Crippen molar-refractivity contribution in [1.29, 1.82) is 0 Å². The summed E-state index contributed by atoms with van der Waals surface area (Å²) in [5.41, 5.74) is 7.04. The maximum Gasteiger partial charge on any atom is 0.129 e. The first-order chi connectivity index (χ1) is 8.61. The normalized spacial score (nSPS) is 27.1. The molecule has 0 bridgehead atoms. The quantitative estimate of drug-likeness (QED) is 0.829. The van der Waals surface area contributed by atoms with Crippen LogP contribution in [0.3, 0.4) is 0 Å². The maximum atomic E-state index is 6.00. The van der Waals surface area contributed by atoms with Crippen LogP contribution in [0.15, 0.2) is 12.4 Å². The Kier molecular flexibility index (Phi) is 4.14. The Bertz CT molecular complexity index is 394. The highest BCUT2D eigenvalue weighted by Crippen LogP contribution is 2.26. The van der Waals surface area contributed by atoms with Crippen molar-refractivity contribution in [3.8, 4) is 0 Å². The van der Waals surface area contributed by atoms with Gasteiger partial charge in [0.1, 0.15) is 12.1 Å². The number of hydrogen-bond donors (Lipinski definition) is 2. The maximum absolute atomic E-state index is 6.00. The van der Waals surface area contributed by atoms with Crippen molar-refractivity contribution in [1.82, 2.24) is 9.97 Å². The van der Waals surface area contributed by atoms with Gasteiger partial charge in [0.05, 0.1) is 12.1 Å². The molecule has 3 unspecified atom stereocenters. The smallest absolute Gasteiger partial charge is 0.129 e. The summed E-state index contributed by atoms with van der Waals surface area (Å²) >= 11 is 0. The van der Waals surface area contributed by atoms with Crippen LogP contribution in [-0.2, 0) is 4.74 Å². The monoisotopic (exact) mass is 250 g/mol. The Balaban J connectivity index is 2.02. The zero-order valence-electron chi connectivity index (χ0n) is 11.3. The van der Waals surface area contributed by atoms with Crippen molar-refractivity contribution < 1.29 is 4.74 Å². The molecule has 3 atom stereocenters. The standard InChI is InChI=1S/C13H22N4O/c1-4-18-11-5-9(14)13(11)17-12-6-10(8(2)3)15-7-16-12/h6-9,11,13H,4-5,14H2,1-3H3,(H,15,16,17). The minimum Gasteiger partial charge on any atom is -0.376 e. The molecule has 3 N–H and O–H groups in total. The minimum atomic E-state index is 0.138. The summed E-state index contributed by atoms with van der Waals surface area (Å²) in [4.78, 5) is 8.49. The molecule has 0 aromatic carbocycles. The molecule has 1 aromatic rings. The topological polar surface area (TPSA) is 73.1 Å². The van der Waals surface area contributed by atoms with Gasteiger partial charge in [0, 0.05) is 24.4 Å². The fraction of sp³-hybridized carbons (Fsp3) is 0.692. The molecular formula is C13H22N4O. The average molecular weight is 250 g/mol. The molecule has 1 aliphatic carbocycles. The van der Waals surface area contributed by atoms with Gasteiger partial charge in [-0.2, -0.15) is 0 Å². The molecule has 2 rings (SSSR count). The van der Waals surface area contributed by atoms with Gasteiger partial charge < -0.3 is 15.8 Å². The van der Waals surface area contributed by atoms with E-state index in [1.165, 1.54) is 0 Å². The van der Waals surface area contributed by atoms with Gasteiger partial charge in [-0.3, -0.25) is 0 Å². The van der Waals surface area contributed by atoms with E-state index < -0.39 is 0 Å². The van der Waals surface area contributed by atoms with Crippen LogP contribution in [0, 0.1) is 0 Å². The lowest BCUT2D eigenvalue weighted by molar-refractivity contribution is -0.0127. The zero-order valence-corrected chi connectivity index (χ0v) is 11.3. The van der Waals surface area contributed by atoms with Crippen molar-refractivity contribution in [3.63, 3.8) is 0 Å². The van der Waals surface area contributed by atoms with Crippen molar-refractivity contribution in [3.05, 3.63) is 18.1 Å². The molecule has 5 nitrogen and oxygen atoms in total. The zero-order chi connectivity index (χ0) is 13.1. The second-order valence-corrected chi connectivity index (χ2v) is 5.05. The van der Waals surface area contributed by atoms with Gasteiger partial charge in [-0.25, -0.2) is 9.97 Å². The first-order valence-electron chi connectivity index (χ1n) is 6.57. The van der Waals surface area contributed by atoms with Crippen molar-refractivity contribution in [2.45, 2.75) is 51.3 Å². The van der Waals surface area contributed by atoms with Crippen LogP contribution in [0.5, 0.6) is 0 Å². The molecule has 0 spiro atoms.